The quantitative estimate of drug-likeness (QED) is 0.545. The molecule has 7 heteroatoms. The lowest BCUT2D eigenvalue weighted by Crippen LogP contribution is -2.17. The second-order valence-corrected chi connectivity index (χ2v) is 8.62. The summed E-state index contributed by atoms with van der Waals surface area (Å²) >= 11 is 0. The standard InChI is InChI=1S/C22H21N3O3S/c1-17-7-13-21(14-8-17)29(27,28)16-15-22(26)23-18-9-11-20(12-10-18)25-24-19-5-3-2-4-6-19/h2-14H,15-16H2,1H3,(H,23,26). The van der Waals surface area contributed by atoms with Gasteiger partial charge in [0.2, 0.25) is 5.91 Å². The zero-order chi connectivity index (χ0) is 20.7. The molecular formula is C22H21N3O3S. The smallest absolute Gasteiger partial charge is 0.225 e. The molecule has 1 N–H and O–H groups in total. The second kappa shape index (κ2) is 9.25. The molecule has 0 fully saturated rings. The van der Waals surface area contributed by atoms with Crippen LogP contribution in [0.15, 0.2) is 94.0 Å². The van der Waals surface area contributed by atoms with Crippen molar-refractivity contribution in [1.82, 2.24) is 0 Å². The minimum Gasteiger partial charge on any atom is -0.326 e. The molecule has 0 spiro atoms. The Bertz CT molecular complexity index is 1090. The molecule has 0 aliphatic carbocycles. The monoisotopic (exact) mass is 407 g/mol. The number of hydrogen-bond acceptors (Lipinski definition) is 5. The van der Waals surface area contributed by atoms with Gasteiger partial charge in [-0.25, -0.2) is 8.42 Å². The largest absolute Gasteiger partial charge is 0.326 e. The van der Waals surface area contributed by atoms with E-state index in [0.717, 1.165) is 11.3 Å². The first-order chi connectivity index (χ1) is 13.9. The van der Waals surface area contributed by atoms with Crippen LogP contribution < -0.4 is 5.32 Å². The zero-order valence-corrected chi connectivity index (χ0v) is 16.8. The first kappa shape index (κ1) is 20.4. The Labute approximate surface area is 170 Å². The van der Waals surface area contributed by atoms with Gasteiger partial charge in [-0.1, -0.05) is 35.9 Å². The van der Waals surface area contributed by atoms with E-state index in [4.69, 9.17) is 0 Å². The molecule has 0 heterocycles. The van der Waals surface area contributed by atoms with Crippen LogP contribution in [0.2, 0.25) is 0 Å². The van der Waals surface area contributed by atoms with Crippen LogP contribution in [-0.2, 0) is 14.6 Å². The summed E-state index contributed by atoms with van der Waals surface area (Å²) in [6, 6.07) is 22.8. The molecule has 3 aromatic carbocycles. The molecule has 0 aliphatic heterocycles. The van der Waals surface area contributed by atoms with Crippen molar-refractivity contribution >= 4 is 32.8 Å². The van der Waals surface area contributed by atoms with Gasteiger partial charge in [-0.3, -0.25) is 4.79 Å². The Hall–Kier alpha value is -3.32. The van der Waals surface area contributed by atoms with Crippen LogP contribution in [0.3, 0.4) is 0 Å². The third-order valence-corrected chi connectivity index (χ3v) is 5.90. The van der Waals surface area contributed by atoms with E-state index in [1.54, 1.807) is 48.5 Å². The summed E-state index contributed by atoms with van der Waals surface area (Å²) in [4.78, 5) is 12.3. The summed E-state index contributed by atoms with van der Waals surface area (Å²) in [6.07, 6.45) is -0.119. The highest BCUT2D eigenvalue weighted by Gasteiger charge is 2.16. The van der Waals surface area contributed by atoms with Crippen molar-refractivity contribution < 1.29 is 13.2 Å². The number of aryl methyl sites for hydroxylation is 1. The summed E-state index contributed by atoms with van der Waals surface area (Å²) < 4.78 is 24.7. The number of nitrogens with zero attached hydrogens (tertiary/aromatic N) is 2. The molecule has 6 nitrogen and oxygen atoms in total. The number of hydrogen-bond donors (Lipinski definition) is 1. The molecule has 148 valence electrons. The molecule has 0 aliphatic rings. The first-order valence-electron chi connectivity index (χ1n) is 9.08. The van der Waals surface area contributed by atoms with E-state index in [9.17, 15) is 13.2 Å². The highest BCUT2D eigenvalue weighted by Crippen LogP contribution is 2.20. The van der Waals surface area contributed by atoms with Crippen molar-refractivity contribution in [3.8, 4) is 0 Å². The van der Waals surface area contributed by atoms with Gasteiger partial charge in [0, 0.05) is 12.1 Å². The van der Waals surface area contributed by atoms with E-state index in [1.807, 2.05) is 37.3 Å². The van der Waals surface area contributed by atoms with Crippen molar-refractivity contribution in [2.24, 2.45) is 10.2 Å². The van der Waals surface area contributed by atoms with E-state index in [-0.39, 0.29) is 23.0 Å². The van der Waals surface area contributed by atoms with Crippen LogP contribution in [0.4, 0.5) is 17.1 Å². The highest BCUT2D eigenvalue weighted by molar-refractivity contribution is 7.91. The lowest BCUT2D eigenvalue weighted by molar-refractivity contribution is -0.115. The van der Waals surface area contributed by atoms with Crippen LogP contribution in [-0.4, -0.2) is 20.1 Å². The molecule has 0 saturated carbocycles. The van der Waals surface area contributed by atoms with E-state index in [2.05, 4.69) is 15.5 Å². The van der Waals surface area contributed by atoms with Gasteiger partial charge in [-0.15, -0.1) is 0 Å². The van der Waals surface area contributed by atoms with E-state index < -0.39 is 9.84 Å². The average molecular weight is 407 g/mol. The van der Waals surface area contributed by atoms with Gasteiger partial charge in [0.1, 0.15) is 0 Å². The van der Waals surface area contributed by atoms with Crippen molar-refractivity contribution in [1.29, 1.82) is 0 Å². The van der Waals surface area contributed by atoms with Gasteiger partial charge >= 0.3 is 0 Å². The minimum absolute atomic E-state index is 0.119. The molecule has 0 radical (unpaired) electrons. The molecular weight excluding hydrogens is 386 g/mol. The molecule has 0 atom stereocenters. The maximum absolute atomic E-state index is 12.3. The maximum Gasteiger partial charge on any atom is 0.225 e. The van der Waals surface area contributed by atoms with Crippen molar-refractivity contribution in [3.05, 3.63) is 84.4 Å². The summed E-state index contributed by atoms with van der Waals surface area (Å²) in [5.41, 5.74) is 2.95. The van der Waals surface area contributed by atoms with E-state index >= 15 is 0 Å². The maximum atomic E-state index is 12.3. The number of anilines is 1. The van der Waals surface area contributed by atoms with E-state index in [0.29, 0.717) is 11.4 Å². The minimum atomic E-state index is -3.49. The number of nitrogens with one attached hydrogen (secondary N) is 1. The second-order valence-electron chi connectivity index (χ2n) is 6.51. The Morgan fingerprint density at radius 3 is 2.03 bits per heavy atom. The first-order valence-corrected chi connectivity index (χ1v) is 10.7. The normalized spacial score (nSPS) is 11.5. The van der Waals surface area contributed by atoms with Gasteiger partial charge in [-0.2, -0.15) is 10.2 Å². The summed E-state index contributed by atoms with van der Waals surface area (Å²) in [5, 5.41) is 11.0. The lowest BCUT2D eigenvalue weighted by atomic mass is 10.2. The average Bonchev–Trinajstić information content (AvgIpc) is 2.73. The molecule has 1 amide bonds. The number of carbonyl (C=O) groups is 1. The lowest BCUT2D eigenvalue weighted by Gasteiger charge is -2.07. The van der Waals surface area contributed by atoms with Gasteiger partial charge in [0.05, 0.1) is 22.0 Å². The number of azo groups is 1. The summed E-state index contributed by atoms with van der Waals surface area (Å²) in [6.45, 7) is 1.89. The third-order valence-electron chi connectivity index (χ3n) is 4.17. The summed E-state index contributed by atoms with van der Waals surface area (Å²) in [7, 11) is -3.49. The fourth-order valence-electron chi connectivity index (χ4n) is 2.54. The predicted octanol–water partition coefficient (Wildman–Crippen LogP) is 5.21. The Balaban J connectivity index is 1.54. The number of sulfone groups is 1. The zero-order valence-electron chi connectivity index (χ0n) is 15.9. The van der Waals surface area contributed by atoms with Gasteiger partial charge < -0.3 is 5.32 Å². The van der Waals surface area contributed by atoms with Crippen LogP contribution in [0.5, 0.6) is 0 Å². The SMILES string of the molecule is Cc1ccc(S(=O)(=O)CCC(=O)Nc2ccc(N=Nc3ccccc3)cc2)cc1. The van der Waals surface area contributed by atoms with Gasteiger partial charge in [-0.05, 0) is 55.5 Å². The number of amides is 1. The fraction of sp³-hybridized carbons (Fsp3) is 0.136. The van der Waals surface area contributed by atoms with Gasteiger partial charge in [0.15, 0.2) is 9.84 Å². The van der Waals surface area contributed by atoms with Gasteiger partial charge in [0.25, 0.3) is 0 Å². The van der Waals surface area contributed by atoms with E-state index in [1.165, 1.54) is 0 Å². The number of rotatable bonds is 7. The molecule has 0 bridgehead atoms. The van der Waals surface area contributed by atoms with Crippen LogP contribution >= 0.6 is 0 Å². The summed E-state index contributed by atoms with van der Waals surface area (Å²) in [5.74, 6) is -0.606. The fourth-order valence-corrected chi connectivity index (χ4v) is 3.78. The molecule has 0 saturated heterocycles. The van der Waals surface area contributed by atoms with Crippen molar-refractivity contribution in [2.75, 3.05) is 11.1 Å². The number of benzene rings is 3. The molecule has 3 aromatic rings. The van der Waals surface area contributed by atoms with Crippen LogP contribution in [0.25, 0.3) is 0 Å². The third kappa shape index (κ3) is 6.08. The molecule has 3 rings (SSSR count). The Kier molecular flexibility index (Phi) is 6.51. The molecule has 0 unspecified atom stereocenters. The van der Waals surface area contributed by atoms with Crippen LogP contribution in [0, 0.1) is 6.92 Å². The predicted molar refractivity (Wildman–Crippen MR) is 114 cm³/mol. The molecule has 29 heavy (non-hydrogen) atoms. The topological polar surface area (TPSA) is 88.0 Å². The Morgan fingerprint density at radius 2 is 1.41 bits per heavy atom. The Morgan fingerprint density at radius 1 is 0.828 bits per heavy atom. The van der Waals surface area contributed by atoms with Crippen LogP contribution in [0.1, 0.15) is 12.0 Å². The van der Waals surface area contributed by atoms with Crippen molar-refractivity contribution in [2.45, 2.75) is 18.2 Å². The number of carbonyl (C=O) groups excluding carboxylic acids is 1. The highest BCUT2D eigenvalue weighted by atomic mass is 32.2. The van der Waals surface area contributed by atoms with Crippen molar-refractivity contribution in [3.63, 3.8) is 0 Å². The molecule has 0 aromatic heterocycles.